The number of rotatable bonds is 18. The minimum absolute atomic E-state index is 0.0625. The van der Waals surface area contributed by atoms with Crippen LogP contribution in [0.15, 0.2) is 35.7 Å². The van der Waals surface area contributed by atoms with Gasteiger partial charge in [0.1, 0.15) is 16.7 Å². The number of aromatic nitrogens is 1. The first-order chi connectivity index (χ1) is 23.7. The molecule has 0 spiro atoms. The summed E-state index contributed by atoms with van der Waals surface area (Å²) in [6.45, 7) is 11.6. The van der Waals surface area contributed by atoms with Crippen LogP contribution >= 0.6 is 11.3 Å². The van der Waals surface area contributed by atoms with E-state index in [0.29, 0.717) is 17.8 Å². The molecular formula is C37H55N5O7S. The van der Waals surface area contributed by atoms with Gasteiger partial charge < -0.3 is 25.8 Å². The molecule has 0 saturated carbocycles. The molecule has 1 aliphatic heterocycles. The minimum Gasteiger partial charge on any atom is -0.481 e. The van der Waals surface area contributed by atoms with Gasteiger partial charge in [-0.1, -0.05) is 77.8 Å². The smallest absolute Gasteiger partial charge is 0.306 e. The minimum atomic E-state index is -0.945. The summed E-state index contributed by atoms with van der Waals surface area (Å²) >= 11 is 1.17. The zero-order valence-corrected chi connectivity index (χ0v) is 31.3. The third-order valence-electron chi connectivity index (χ3n) is 9.52. The molecule has 13 heteroatoms. The fourth-order valence-electron chi connectivity index (χ4n) is 6.18. The van der Waals surface area contributed by atoms with E-state index in [1.54, 1.807) is 12.3 Å². The van der Waals surface area contributed by atoms with Crippen LogP contribution in [0.5, 0.6) is 0 Å². The van der Waals surface area contributed by atoms with Gasteiger partial charge in [-0.05, 0) is 56.7 Å². The number of likely N-dealkylation sites (tertiary alicyclic amines) is 1. The molecule has 4 N–H and O–H groups in total. The monoisotopic (exact) mass is 713 g/mol. The van der Waals surface area contributed by atoms with Gasteiger partial charge in [0.15, 0.2) is 6.10 Å². The number of thiazole rings is 1. The highest BCUT2D eigenvalue weighted by atomic mass is 32.1. The van der Waals surface area contributed by atoms with Crippen LogP contribution in [0.4, 0.5) is 0 Å². The number of nitrogens with zero attached hydrogens (tertiary/aromatic N) is 2. The van der Waals surface area contributed by atoms with Crippen LogP contribution in [-0.2, 0) is 30.3 Å². The first-order valence-corrected chi connectivity index (χ1v) is 18.6. The number of benzene rings is 1. The fraction of sp³-hybridized carbons (Fsp3) is 0.622. The molecule has 12 nitrogen and oxygen atoms in total. The van der Waals surface area contributed by atoms with Crippen LogP contribution < -0.4 is 16.0 Å². The van der Waals surface area contributed by atoms with E-state index in [2.05, 4.69) is 20.9 Å². The van der Waals surface area contributed by atoms with Crippen LogP contribution in [0, 0.1) is 17.8 Å². The standard InChI is InChI=1S/C37H55N5O7S/c1-8-23(4)32(41-34(45)30-16-12-13-17-42(30)7)35(46)39-28(22(2)3)20-31(49-25(6)43)36-40-29(21-50-36)33(44)38-27(18-24(5)37(47)48)19-26-14-10-9-11-15-26/h9-11,14-15,21-24,27-28,30-32H,8,12-13,16-20H2,1-7H3,(H,38,44)(H,39,46)(H,41,45)(H,47,48)/t23-,24+,27+,28+,30-,31+,32?/m0/s1. The Morgan fingerprint density at radius 1 is 1.02 bits per heavy atom. The topological polar surface area (TPSA) is 167 Å². The molecule has 1 aliphatic rings. The van der Waals surface area contributed by atoms with Crippen LogP contribution in [-0.4, -0.2) is 82.4 Å². The first-order valence-electron chi connectivity index (χ1n) is 17.7. The van der Waals surface area contributed by atoms with Gasteiger partial charge in [-0.25, -0.2) is 4.98 Å². The second-order valence-electron chi connectivity index (χ2n) is 14.0. The third kappa shape index (κ3) is 12.2. The lowest BCUT2D eigenvalue weighted by Crippen LogP contribution is -2.57. The Labute approximate surface area is 300 Å². The predicted molar refractivity (Wildman–Crippen MR) is 192 cm³/mol. The number of amides is 3. The van der Waals surface area contributed by atoms with E-state index in [9.17, 15) is 29.1 Å². The maximum atomic E-state index is 13.8. The number of carbonyl (C=O) groups excluding carboxylic acids is 4. The number of nitrogens with one attached hydrogen (secondary N) is 3. The summed E-state index contributed by atoms with van der Waals surface area (Å²) in [4.78, 5) is 70.9. The van der Waals surface area contributed by atoms with Crippen molar-refractivity contribution < 1.29 is 33.8 Å². The van der Waals surface area contributed by atoms with Crippen molar-refractivity contribution in [2.24, 2.45) is 17.8 Å². The Kier molecular flexibility index (Phi) is 15.8. The lowest BCUT2D eigenvalue weighted by Gasteiger charge is -2.34. The summed E-state index contributed by atoms with van der Waals surface area (Å²) < 4.78 is 5.70. The molecule has 7 atom stereocenters. The molecule has 1 aromatic heterocycles. The van der Waals surface area contributed by atoms with E-state index < -0.39 is 48.0 Å². The van der Waals surface area contributed by atoms with E-state index >= 15 is 0 Å². The molecule has 2 aromatic rings. The molecule has 0 aliphatic carbocycles. The molecule has 0 bridgehead atoms. The van der Waals surface area contributed by atoms with Gasteiger partial charge in [0.2, 0.25) is 11.8 Å². The lowest BCUT2D eigenvalue weighted by molar-refractivity contribution is -0.147. The highest BCUT2D eigenvalue weighted by Crippen LogP contribution is 2.29. The van der Waals surface area contributed by atoms with E-state index in [4.69, 9.17) is 4.74 Å². The average Bonchev–Trinajstić information content (AvgIpc) is 3.57. The van der Waals surface area contributed by atoms with E-state index in [1.165, 1.54) is 18.3 Å². The predicted octanol–water partition coefficient (Wildman–Crippen LogP) is 4.75. The molecule has 1 fully saturated rings. The van der Waals surface area contributed by atoms with Crippen molar-refractivity contribution in [2.45, 2.75) is 117 Å². The van der Waals surface area contributed by atoms with Crippen molar-refractivity contribution in [3.63, 3.8) is 0 Å². The molecule has 276 valence electrons. The highest BCUT2D eigenvalue weighted by Gasteiger charge is 2.34. The largest absolute Gasteiger partial charge is 0.481 e. The maximum absolute atomic E-state index is 13.8. The molecular weight excluding hydrogens is 659 g/mol. The normalized spacial score (nSPS) is 18.6. The molecule has 50 heavy (non-hydrogen) atoms. The van der Waals surface area contributed by atoms with Crippen molar-refractivity contribution in [3.8, 4) is 0 Å². The summed E-state index contributed by atoms with van der Waals surface area (Å²) in [6, 6.07) is 7.61. The third-order valence-corrected chi connectivity index (χ3v) is 10.5. The number of ether oxygens (including phenoxy) is 1. The van der Waals surface area contributed by atoms with Gasteiger partial charge in [0.25, 0.3) is 5.91 Å². The quantitative estimate of drug-likeness (QED) is 0.160. The average molecular weight is 714 g/mol. The van der Waals surface area contributed by atoms with Crippen molar-refractivity contribution in [2.75, 3.05) is 13.6 Å². The van der Waals surface area contributed by atoms with Gasteiger partial charge in [-0.3, -0.25) is 28.9 Å². The molecule has 3 rings (SSSR count). The molecule has 2 heterocycles. The number of hydrogen-bond acceptors (Lipinski definition) is 9. The van der Waals surface area contributed by atoms with Crippen molar-refractivity contribution in [3.05, 3.63) is 52.0 Å². The van der Waals surface area contributed by atoms with Crippen LogP contribution in [0.3, 0.4) is 0 Å². The number of hydrogen-bond donors (Lipinski definition) is 4. The van der Waals surface area contributed by atoms with Gasteiger partial charge in [-0.2, -0.15) is 0 Å². The van der Waals surface area contributed by atoms with Crippen molar-refractivity contribution in [1.82, 2.24) is 25.8 Å². The number of piperidine rings is 1. The zero-order chi connectivity index (χ0) is 37.0. The van der Waals surface area contributed by atoms with Crippen LogP contribution in [0.25, 0.3) is 0 Å². The number of carboxylic acids is 1. The van der Waals surface area contributed by atoms with Crippen LogP contribution in [0.1, 0.15) is 107 Å². The Bertz CT molecular complexity index is 1430. The summed E-state index contributed by atoms with van der Waals surface area (Å²) in [7, 11) is 1.93. The number of carbonyl (C=O) groups is 5. The Morgan fingerprint density at radius 3 is 2.32 bits per heavy atom. The summed E-state index contributed by atoms with van der Waals surface area (Å²) in [5.74, 6) is -3.24. The molecule has 0 radical (unpaired) electrons. The summed E-state index contributed by atoms with van der Waals surface area (Å²) in [5.41, 5.74) is 1.09. The Hall–Kier alpha value is -3.84. The molecule has 1 unspecified atom stereocenters. The van der Waals surface area contributed by atoms with Crippen molar-refractivity contribution in [1.29, 1.82) is 0 Å². The van der Waals surface area contributed by atoms with Gasteiger partial charge in [0, 0.05) is 30.8 Å². The second-order valence-corrected chi connectivity index (χ2v) is 14.9. The number of likely N-dealkylation sites (N-methyl/N-ethyl adjacent to an activating group) is 1. The maximum Gasteiger partial charge on any atom is 0.306 e. The highest BCUT2D eigenvalue weighted by molar-refractivity contribution is 7.09. The van der Waals surface area contributed by atoms with Crippen LogP contribution in [0.2, 0.25) is 0 Å². The first kappa shape index (κ1) is 40.6. The number of carboxylic acid groups (broad SMARTS) is 1. The second kappa shape index (κ2) is 19.5. The van der Waals surface area contributed by atoms with Gasteiger partial charge >= 0.3 is 11.9 Å². The summed E-state index contributed by atoms with van der Waals surface area (Å²) in [5, 5.41) is 20.6. The van der Waals surface area contributed by atoms with Gasteiger partial charge in [0.05, 0.1) is 12.0 Å². The van der Waals surface area contributed by atoms with E-state index in [0.717, 1.165) is 31.4 Å². The molecule has 3 amide bonds. The number of esters is 1. The number of aliphatic carboxylic acids is 1. The van der Waals surface area contributed by atoms with Crippen molar-refractivity contribution >= 4 is 41.0 Å². The fourth-order valence-corrected chi connectivity index (χ4v) is 7.02. The molecule has 1 aromatic carbocycles. The Morgan fingerprint density at radius 2 is 1.72 bits per heavy atom. The van der Waals surface area contributed by atoms with E-state index in [-0.39, 0.29) is 48.2 Å². The van der Waals surface area contributed by atoms with Gasteiger partial charge in [-0.15, -0.1) is 11.3 Å². The molecule has 1 saturated heterocycles. The van der Waals surface area contributed by atoms with E-state index in [1.807, 2.05) is 70.0 Å². The summed E-state index contributed by atoms with van der Waals surface area (Å²) in [6.07, 6.45) is 3.49. The zero-order valence-electron chi connectivity index (χ0n) is 30.4. The SMILES string of the molecule is CC[C@H](C)C(NC(=O)[C@@H]1CCCCN1C)C(=O)N[C@H](C[C@@H](OC(C)=O)c1nc(C(=O)N[C@@H](Cc2ccccc2)C[C@@H](C)C(=O)O)cs1)C(C)C. The lowest BCUT2D eigenvalue weighted by atomic mass is 9.94. The Balaban J connectivity index is 1.76.